The van der Waals surface area contributed by atoms with Gasteiger partial charge in [-0.3, -0.25) is 0 Å². The Morgan fingerprint density at radius 3 is 3.21 bits per heavy atom. The van der Waals surface area contributed by atoms with Crippen LogP contribution in [0, 0.1) is 5.41 Å². The molecule has 2 aliphatic rings. The Hall–Kier alpha value is -0.120. The van der Waals surface area contributed by atoms with Gasteiger partial charge in [0.2, 0.25) is 0 Å². The van der Waals surface area contributed by atoms with Gasteiger partial charge in [0, 0.05) is 24.6 Å². The molecule has 0 aromatic rings. The van der Waals surface area contributed by atoms with Gasteiger partial charge >= 0.3 is 0 Å². The predicted molar refractivity (Wildman–Crippen MR) is 55.2 cm³/mol. The summed E-state index contributed by atoms with van der Waals surface area (Å²) in [6.07, 6.45) is 5.52. The first-order valence-electron chi connectivity index (χ1n) is 5.73. The van der Waals surface area contributed by atoms with Crippen LogP contribution in [0.15, 0.2) is 0 Å². The number of fused-ring (bicyclic) bond motifs is 1. The molecule has 2 N–H and O–H groups in total. The molecule has 3 atom stereocenters. The van der Waals surface area contributed by atoms with Crippen LogP contribution in [-0.4, -0.2) is 37.0 Å². The second-order valence-electron chi connectivity index (χ2n) is 4.83. The minimum atomic E-state index is 0.214. The standard InChI is InChI=1S/C11H21NO2/c1-9(7-13)12-8-11-4-2-3-10(11)14-6-5-11/h9-10,12-13H,2-8H2,1H3/t9?,10-,11-/m1/s1. The van der Waals surface area contributed by atoms with Gasteiger partial charge in [-0.15, -0.1) is 0 Å². The second kappa shape index (κ2) is 4.17. The Morgan fingerprint density at radius 2 is 2.43 bits per heavy atom. The van der Waals surface area contributed by atoms with E-state index in [1.807, 2.05) is 6.92 Å². The average Bonchev–Trinajstić information content (AvgIpc) is 2.72. The second-order valence-corrected chi connectivity index (χ2v) is 4.83. The molecular weight excluding hydrogens is 178 g/mol. The molecule has 0 spiro atoms. The summed E-state index contributed by atoms with van der Waals surface area (Å²) in [5.41, 5.74) is 0.392. The normalized spacial score (nSPS) is 38.6. The van der Waals surface area contributed by atoms with E-state index in [-0.39, 0.29) is 12.6 Å². The van der Waals surface area contributed by atoms with Crippen molar-refractivity contribution in [3.05, 3.63) is 0 Å². The highest BCUT2D eigenvalue weighted by Crippen LogP contribution is 2.46. The minimum absolute atomic E-state index is 0.214. The van der Waals surface area contributed by atoms with E-state index < -0.39 is 0 Å². The lowest BCUT2D eigenvalue weighted by Crippen LogP contribution is -2.41. The Bertz CT molecular complexity index is 186. The van der Waals surface area contributed by atoms with Gasteiger partial charge in [-0.25, -0.2) is 0 Å². The molecule has 1 aliphatic heterocycles. The zero-order chi connectivity index (χ0) is 10.0. The molecule has 0 amide bonds. The first kappa shape index (κ1) is 10.4. The highest BCUT2D eigenvalue weighted by molar-refractivity contribution is 4.98. The monoisotopic (exact) mass is 199 g/mol. The van der Waals surface area contributed by atoms with E-state index in [2.05, 4.69) is 5.32 Å². The Labute approximate surface area is 85.8 Å². The topological polar surface area (TPSA) is 41.5 Å². The summed E-state index contributed by atoms with van der Waals surface area (Å²) in [6, 6.07) is 0.214. The number of hydrogen-bond acceptors (Lipinski definition) is 3. The van der Waals surface area contributed by atoms with Gasteiger partial charge in [-0.2, -0.15) is 0 Å². The maximum Gasteiger partial charge on any atom is 0.0644 e. The molecule has 14 heavy (non-hydrogen) atoms. The summed E-state index contributed by atoms with van der Waals surface area (Å²) in [6.45, 7) is 4.19. The van der Waals surface area contributed by atoms with Crippen LogP contribution in [0.4, 0.5) is 0 Å². The Kier molecular flexibility index (Phi) is 3.10. The van der Waals surface area contributed by atoms with Crippen molar-refractivity contribution in [3.63, 3.8) is 0 Å². The molecule has 1 saturated carbocycles. The number of ether oxygens (including phenoxy) is 1. The van der Waals surface area contributed by atoms with E-state index >= 15 is 0 Å². The summed E-state index contributed by atoms with van der Waals surface area (Å²) in [5, 5.41) is 12.4. The van der Waals surface area contributed by atoms with Crippen molar-refractivity contribution < 1.29 is 9.84 Å². The first-order chi connectivity index (χ1) is 6.77. The van der Waals surface area contributed by atoms with E-state index in [9.17, 15) is 0 Å². The Morgan fingerprint density at radius 1 is 1.57 bits per heavy atom. The zero-order valence-corrected chi connectivity index (χ0v) is 8.96. The van der Waals surface area contributed by atoms with Gasteiger partial charge in [-0.1, -0.05) is 6.42 Å². The van der Waals surface area contributed by atoms with Crippen molar-refractivity contribution in [1.29, 1.82) is 0 Å². The maximum atomic E-state index is 8.95. The van der Waals surface area contributed by atoms with Crippen LogP contribution in [0.3, 0.4) is 0 Å². The lowest BCUT2D eigenvalue weighted by Gasteiger charge is -2.29. The molecule has 0 aromatic heterocycles. The molecule has 3 nitrogen and oxygen atoms in total. The largest absolute Gasteiger partial charge is 0.395 e. The van der Waals surface area contributed by atoms with E-state index in [0.717, 1.165) is 13.2 Å². The van der Waals surface area contributed by atoms with Crippen molar-refractivity contribution in [3.8, 4) is 0 Å². The zero-order valence-electron chi connectivity index (χ0n) is 8.96. The number of aliphatic hydroxyl groups is 1. The third-order valence-corrected chi connectivity index (χ3v) is 3.82. The van der Waals surface area contributed by atoms with Crippen LogP contribution in [-0.2, 0) is 4.74 Å². The first-order valence-corrected chi connectivity index (χ1v) is 5.73. The number of nitrogens with one attached hydrogen (secondary N) is 1. The predicted octanol–water partition coefficient (Wildman–Crippen LogP) is 0.916. The van der Waals surface area contributed by atoms with E-state index in [1.54, 1.807) is 0 Å². The molecule has 2 rings (SSSR count). The van der Waals surface area contributed by atoms with Crippen molar-refractivity contribution in [1.82, 2.24) is 5.32 Å². The Balaban J connectivity index is 1.88. The van der Waals surface area contributed by atoms with E-state index in [1.165, 1.54) is 25.7 Å². The number of aliphatic hydroxyl groups excluding tert-OH is 1. The molecule has 0 radical (unpaired) electrons. The van der Waals surface area contributed by atoms with Gasteiger partial charge in [0.05, 0.1) is 12.7 Å². The van der Waals surface area contributed by atoms with Crippen LogP contribution < -0.4 is 5.32 Å². The molecule has 0 aromatic carbocycles. The molecule has 0 bridgehead atoms. The molecule has 1 heterocycles. The van der Waals surface area contributed by atoms with Gasteiger partial charge in [-0.05, 0) is 26.2 Å². The third-order valence-electron chi connectivity index (χ3n) is 3.82. The maximum absolute atomic E-state index is 8.95. The fraction of sp³-hybridized carbons (Fsp3) is 1.00. The molecule has 1 aliphatic carbocycles. The van der Waals surface area contributed by atoms with Crippen LogP contribution in [0.1, 0.15) is 32.6 Å². The van der Waals surface area contributed by atoms with Gasteiger partial charge in [0.1, 0.15) is 0 Å². The minimum Gasteiger partial charge on any atom is -0.395 e. The summed E-state index contributed by atoms with van der Waals surface area (Å²) >= 11 is 0. The summed E-state index contributed by atoms with van der Waals surface area (Å²) in [7, 11) is 0. The number of hydrogen-bond donors (Lipinski definition) is 2. The van der Waals surface area contributed by atoms with Crippen LogP contribution in [0.2, 0.25) is 0 Å². The third kappa shape index (κ3) is 1.81. The molecule has 2 fully saturated rings. The molecule has 82 valence electrons. The molecular formula is C11H21NO2. The van der Waals surface area contributed by atoms with Gasteiger partial charge in [0.15, 0.2) is 0 Å². The SMILES string of the molecule is CC(CO)NC[C@]12CCC[C@H]1OCC2. The van der Waals surface area contributed by atoms with E-state index in [4.69, 9.17) is 9.84 Å². The fourth-order valence-corrected chi connectivity index (χ4v) is 2.79. The van der Waals surface area contributed by atoms with Crippen molar-refractivity contribution >= 4 is 0 Å². The van der Waals surface area contributed by atoms with Crippen LogP contribution >= 0.6 is 0 Å². The summed E-state index contributed by atoms with van der Waals surface area (Å²) < 4.78 is 5.74. The molecule has 1 unspecified atom stereocenters. The summed E-state index contributed by atoms with van der Waals surface area (Å²) in [5.74, 6) is 0. The highest BCUT2D eigenvalue weighted by atomic mass is 16.5. The lowest BCUT2D eigenvalue weighted by atomic mass is 9.82. The van der Waals surface area contributed by atoms with Gasteiger partial charge < -0.3 is 15.2 Å². The lowest BCUT2D eigenvalue weighted by molar-refractivity contribution is 0.0677. The van der Waals surface area contributed by atoms with Crippen molar-refractivity contribution in [2.75, 3.05) is 19.8 Å². The fourth-order valence-electron chi connectivity index (χ4n) is 2.79. The average molecular weight is 199 g/mol. The van der Waals surface area contributed by atoms with Crippen molar-refractivity contribution in [2.24, 2.45) is 5.41 Å². The van der Waals surface area contributed by atoms with Gasteiger partial charge in [0.25, 0.3) is 0 Å². The van der Waals surface area contributed by atoms with Crippen LogP contribution in [0.25, 0.3) is 0 Å². The number of rotatable bonds is 4. The molecule has 1 saturated heterocycles. The molecule has 3 heteroatoms. The smallest absolute Gasteiger partial charge is 0.0644 e. The summed E-state index contributed by atoms with van der Waals surface area (Å²) in [4.78, 5) is 0. The van der Waals surface area contributed by atoms with Crippen LogP contribution in [0.5, 0.6) is 0 Å². The quantitative estimate of drug-likeness (QED) is 0.707. The van der Waals surface area contributed by atoms with E-state index in [0.29, 0.717) is 11.5 Å². The highest BCUT2D eigenvalue weighted by Gasteiger charge is 2.46. The van der Waals surface area contributed by atoms with Crippen molar-refractivity contribution in [2.45, 2.75) is 44.8 Å².